The number of halogens is 1. The topological polar surface area (TPSA) is 110 Å². The van der Waals surface area contributed by atoms with Gasteiger partial charge in [-0.15, -0.1) is 0 Å². The van der Waals surface area contributed by atoms with Crippen LogP contribution in [0.2, 0.25) is 0 Å². The van der Waals surface area contributed by atoms with E-state index < -0.39 is 17.7 Å². The first-order valence-electron chi connectivity index (χ1n) is 9.09. The van der Waals surface area contributed by atoms with Gasteiger partial charge in [0.05, 0.1) is 30.3 Å². The van der Waals surface area contributed by atoms with E-state index in [0.717, 1.165) is 0 Å². The number of nitrogens with zero attached hydrogens (tertiary/aromatic N) is 3. The number of benzene rings is 1. The van der Waals surface area contributed by atoms with Gasteiger partial charge < -0.3 is 19.6 Å². The number of H-pyrrole nitrogens is 1. The summed E-state index contributed by atoms with van der Waals surface area (Å²) < 4.78 is 24.7. The van der Waals surface area contributed by atoms with E-state index in [2.05, 4.69) is 19.9 Å². The van der Waals surface area contributed by atoms with Gasteiger partial charge in [0.2, 0.25) is 6.29 Å². The predicted octanol–water partition coefficient (Wildman–Crippen LogP) is 3.53. The van der Waals surface area contributed by atoms with Crippen LogP contribution in [-0.2, 0) is 14.3 Å². The van der Waals surface area contributed by atoms with E-state index in [4.69, 9.17) is 9.47 Å². The van der Waals surface area contributed by atoms with Crippen LogP contribution in [0.1, 0.15) is 19.0 Å². The standard InChI is InChI=1S/C20H19FN4O4S/c1-20(18(26)27)9-28-17(29-10-20)16-24-14(11-3-5-12(21)6-4-11)15(25-16)13-7-8-22-19(23-13)30-2/h3-8,17H,9-10H2,1-2H3,(H,24,25)(H,26,27). The minimum atomic E-state index is -1.12. The molecule has 30 heavy (non-hydrogen) atoms. The predicted molar refractivity (Wildman–Crippen MR) is 107 cm³/mol. The van der Waals surface area contributed by atoms with E-state index >= 15 is 0 Å². The lowest BCUT2D eigenvalue weighted by atomic mass is 9.92. The van der Waals surface area contributed by atoms with Gasteiger partial charge in [0, 0.05) is 11.8 Å². The average Bonchev–Trinajstić information content (AvgIpc) is 3.20. The van der Waals surface area contributed by atoms with E-state index in [9.17, 15) is 14.3 Å². The summed E-state index contributed by atoms with van der Waals surface area (Å²) >= 11 is 1.41. The van der Waals surface area contributed by atoms with Crippen molar-refractivity contribution in [2.45, 2.75) is 18.4 Å². The van der Waals surface area contributed by atoms with Gasteiger partial charge in [-0.3, -0.25) is 4.79 Å². The largest absolute Gasteiger partial charge is 0.481 e. The maximum atomic E-state index is 13.4. The second-order valence-corrected chi connectivity index (χ2v) is 7.87. The van der Waals surface area contributed by atoms with E-state index in [1.807, 2.05) is 6.26 Å². The van der Waals surface area contributed by atoms with Crippen LogP contribution in [0.4, 0.5) is 4.39 Å². The highest BCUT2D eigenvalue weighted by Gasteiger charge is 2.41. The van der Waals surface area contributed by atoms with Gasteiger partial charge >= 0.3 is 5.97 Å². The Labute approximate surface area is 175 Å². The minimum absolute atomic E-state index is 0.0148. The smallest absolute Gasteiger partial charge is 0.314 e. The summed E-state index contributed by atoms with van der Waals surface area (Å²) in [5.41, 5.74) is 1.33. The number of carboxylic acid groups (broad SMARTS) is 1. The lowest BCUT2D eigenvalue weighted by molar-refractivity contribution is -0.236. The molecule has 156 valence electrons. The summed E-state index contributed by atoms with van der Waals surface area (Å²) in [6, 6.07) is 7.70. The third-order valence-corrected chi connectivity index (χ3v) is 5.32. The molecule has 1 aliphatic heterocycles. The van der Waals surface area contributed by atoms with E-state index in [1.165, 1.54) is 23.9 Å². The molecule has 10 heteroatoms. The molecule has 4 rings (SSSR count). The van der Waals surface area contributed by atoms with E-state index in [-0.39, 0.29) is 19.0 Å². The summed E-state index contributed by atoms with van der Waals surface area (Å²) in [5.74, 6) is -0.964. The Hall–Kier alpha value is -2.82. The summed E-state index contributed by atoms with van der Waals surface area (Å²) in [5, 5.41) is 9.94. The van der Waals surface area contributed by atoms with Crippen molar-refractivity contribution in [3.05, 3.63) is 48.2 Å². The fourth-order valence-electron chi connectivity index (χ4n) is 2.97. The van der Waals surface area contributed by atoms with E-state index in [1.54, 1.807) is 31.3 Å². The minimum Gasteiger partial charge on any atom is -0.481 e. The zero-order chi connectivity index (χ0) is 21.3. The third-order valence-electron chi connectivity index (χ3n) is 4.76. The van der Waals surface area contributed by atoms with Crippen LogP contribution in [0, 0.1) is 11.2 Å². The molecule has 1 aliphatic rings. The molecule has 3 heterocycles. The van der Waals surface area contributed by atoms with Crippen molar-refractivity contribution in [3.63, 3.8) is 0 Å². The van der Waals surface area contributed by atoms with Gasteiger partial charge in [-0.2, -0.15) is 0 Å². The lowest BCUT2D eigenvalue weighted by Gasteiger charge is -2.33. The third kappa shape index (κ3) is 3.93. The molecule has 0 saturated carbocycles. The van der Waals surface area contributed by atoms with Crippen LogP contribution in [0.15, 0.2) is 41.7 Å². The van der Waals surface area contributed by atoms with Gasteiger partial charge in [-0.25, -0.2) is 19.3 Å². The first kappa shape index (κ1) is 20.5. The first-order valence-corrected chi connectivity index (χ1v) is 10.3. The Morgan fingerprint density at radius 1 is 1.23 bits per heavy atom. The van der Waals surface area contributed by atoms with E-state index in [0.29, 0.717) is 33.6 Å². The Bertz CT molecular complexity index is 1060. The van der Waals surface area contributed by atoms with Crippen molar-refractivity contribution >= 4 is 17.7 Å². The SMILES string of the molecule is CSc1nccc(-c2[nH]c(C3OCC(C)(C(=O)O)CO3)nc2-c2ccc(F)cc2)n1. The summed E-state index contributed by atoms with van der Waals surface area (Å²) in [4.78, 5) is 27.9. The Balaban J connectivity index is 1.73. The molecule has 8 nitrogen and oxygen atoms in total. The second-order valence-electron chi connectivity index (χ2n) is 7.10. The molecule has 0 aliphatic carbocycles. The summed E-state index contributed by atoms with van der Waals surface area (Å²) in [6.45, 7) is 1.53. The highest BCUT2D eigenvalue weighted by molar-refractivity contribution is 7.98. The number of carbonyl (C=O) groups is 1. The number of hydrogen-bond acceptors (Lipinski definition) is 7. The number of imidazole rings is 1. The molecule has 0 spiro atoms. The molecule has 0 unspecified atom stereocenters. The highest BCUT2D eigenvalue weighted by atomic mass is 32.2. The Morgan fingerprint density at radius 2 is 1.93 bits per heavy atom. The number of carboxylic acids is 1. The van der Waals surface area contributed by atoms with Crippen LogP contribution in [-0.4, -0.2) is 50.5 Å². The number of aliphatic carboxylic acids is 1. The Morgan fingerprint density at radius 3 is 2.57 bits per heavy atom. The number of hydrogen-bond donors (Lipinski definition) is 2. The maximum Gasteiger partial charge on any atom is 0.314 e. The summed E-state index contributed by atoms with van der Waals surface area (Å²) in [7, 11) is 0. The molecule has 0 atom stereocenters. The van der Waals surface area contributed by atoms with Crippen molar-refractivity contribution < 1.29 is 23.8 Å². The first-order chi connectivity index (χ1) is 14.4. The van der Waals surface area contributed by atoms with Crippen molar-refractivity contribution in [1.82, 2.24) is 19.9 Å². The number of thioether (sulfide) groups is 1. The quantitative estimate of drug-likeness (QED) is 0.467. The van der Waals surface area contributed by atoms with Gasteiger partial charge in [0.15, 0.2) is 11.0 Å². The van der Waals surface area contributed by atoms with Crippen LogP contribution in [0.25, 0.3) is 22.6 Å². The number of aromatic amines is 1. The van der Waals surface area contributed by atoms with Gasteiger partial charge in [0.1, 0.15) is 11.2 Å². The fourth-order valence-corrected chi connectivity index (χ4v) is 3.33. The maximum absolute atomic E-state index is 13.4. The molecule has 0 amide bonds. The van der Waals surface area contributed by atoms with Crippen molar-refractivity contribution in [3.8, 4) is 22.6 Å². The normalized spacial score (nSPS) is 21.5. The molecular weight excluding hydrogens is 411 g/mol. The molecule has 0 bridgehead atoms. The van der Waals surface area contributed by atoms with Crippen LogP contribution < -0.4 is 0 Å². The molecule has 1 fully saturated rings. The number of ether oxygens (including phenoxy) is 2. The second kappa shape index (κ2) is 8.13. The van der Waals surface area contributed by atoms with Crippen LogP contribution >= 0.6 is 11.8 Å². The molecular formula is C20H19FN4O4S. The van der Waals surface area contributed by atoms with Crippen molar-refractivity contribution in [2.24, 2.45) is 5.41 Å². The molecule has 2 aromatic heterocycles. The zero-order valence-corrected chi connectivity index (χ0v) is 17.1. The molecule has 2 N–H and O–H groups in total. The van der Waals surface area contributed by atoms with Crippen LogP contribution in [0.5, 0.6) is 0 Å². The molecule has 3 aromatic rings. The van der Waals surface area contributed by atoms with Gasteiger partial charge in [0.25, 0.3) is 0 Å². The van der Waals surface area contributed by atoms with Gasteiger partial charge in [-0.05, 0) is 43.5 Å². The molecule has 1 aromatic carbocycles. The highest BCUT2D eigenvalue weighted by Crippen LogP contribution is 2.35. The zero-order valence-electron chi connectivity index (χ0n) is 16.3. The van der Waals surface area contributed by atoms with Crippen molar-refractivity contribution in [1.29, 1.82) is 0 Å². The lowest BCUT2D eigenvalue weighted by Crippen LogP contribution is -2.42. The van der Waals surface area contributed by atoms with Gasteiger partial charge in [-0.1, -0.05) is 11.8 Å². The number of aromatic nitrogens is 4. The average molecular weight is 430 g/mol. The fraction of sp³-hybridized carbons (Fsp3) is 0.300. The Kier molecular flexibility index (Phi) is 5.54. The van der Waals surface area contributed by atoms with Crippen LogP contribution in [0.3, 0.4) is 0 Å². The molecule has 1 saturated heterocycles. The number of rotatable bonds is 5. The monoisotopic (exact) mass is 430 g/mol. The number of nitrogens with one attached hydrogen (secondary N) is 1. The summed E-state index contributed by atoms with van der Waals surface area (Å²) in [6.07, 6.45) is 2.67. The molecule has 0 radical (unpaired) electrons. The van der Waals surface area contributed by atoms with Crippen molar-refractivity contribution in [2.75, 3.05) is 19.5 Å².